The summed E-state index contributed by atoms with van der Waals surface area (Å²) in [7, 11) is 0. The summed E-state index contributed by atoms with van der Waals surface area (Å²) >= 11 is 0. The smallest absolute Gasteiger partial charge is 0.131 e. The van der Waals surface area contributed by atoms with Crippen LogP contribution in [0, 0.1) is 18.6 Å². The number of hydrogen-bond donors (Lipinski definition) is 1. The van der Waals surface area contributed by atoms with Crippen LogP contribution in [0.3, 0.4) is 0 Å². The van der Waals surface area contributed by atoms with Gasteiger partial charge < -0.3 is 10.0 Å². The van der Waals surface area contributed by atoms with Crippen LogP contribution in [0.25, 0.3) is 0 Å². The Morgan fingerprint density at radius 3 is 2.40 bits per heavy atom. The van der Waals surface area contributed by atoms with Crippen molar-refractivity contribution in [1.29, 1.82) is 0 Å². The summed E-state index contributed by atoms with van der Waals surface area (Å²) in [5, 5.41) is 9.32. The van der Waals surface area contributed by atoms with E-state index in [4.69, 9.17) is 0 Å². The Labute approximate surface area is 87.1 Å². The average Bonchev–Trinajstić information content (AvgIpc) is 2.60. The van der Waals surface area contributed by atoms with E-state index in [1.54, 1.807) is 4.90 Å². The van der Waals surface area contributed by atoms with Crippen LogP contribution in [0.4, 0.5) is 14.5 Å². The molecular formula is C11H13F2NO. The first kappa shape index (κ1) is 10.4. The van der Waals surface area contributed by atoms with Crippen LogP contribution in [0.15, 0.2) is 12.1 Å². The second-order valence-corrected chi connectivity index (χ2v) is 3.92. The molecule has 0 amide bonds. The highest BCUT2D eigenvalue weighted by atomic mass is 19.1. The molecule has 0 saturated carbocycles. The van der Waals surface area contributed by atoms with Crippen LogP contribution >= 0.6 is 0 Å². The van der Waals surface area contributed by atoms with Gasteiger partial charge in [-0.25, -0.2) is 8.78 Å². The van der Waals surface area contributed by atoms with Gasteiger partial charge in [-0.05, 0) is 25.5 Å². The molecule has 82 valence electrons. The number of β-amino-alcohol motifs (C(OH)–C–C–N with tert-alkyl or cyclic N) is 1. The molecule has 0 radical (unpaired) electrons. The Balaban J connectivity index is 2.29. The topological polar surface area (TPSA) is 23.5 Å². The van der Waals surface area contributed by atoms with Gasteiger partial charge in [0.25, 0.3) is 0 Å². The monoisotopic (exact) mass is 213 g/mol. The van der Waals surface area contributed by atoms with E-state index in [1.165, 1.54) is 19.1 Å². The zero-order valence-corrected chi connectivity index (χ0v) is 8.50. The lowest BCUT2D eigenvalue weighted by atomic mass is 10.2. The van der Waals surface area contributed by atoms with Gasteiger partial charge >= 0.3 is 0 Å². The second-order valence-electron chi connectivity index (χ2n) is 3.92. The number of rotatable bonds is 1. The highest BCUT2D eigenvalue weighted by Crippen LogP contribution is 2.24. The lowest BCUT2D eigenvalue weighted by Crippen LogP contribution is -2.21. The molecule has 15 heavy (non-hydrogen) atoms. The van der Waals surface area contributed by atoms with Crippen molar-refractivity contribution in [3.05, 3.63) is 29.3 Å². The molecule has 1 atom stereocenters. The lowest BCUT2D eigenvalue weighted by Gasteiger charge is -2.18. The highest BCUT2D eigenvalue weighted by Gasteiger charge is 2.21. The molecule has 1 aromatic carbocycles. The van der Waals surface area contributed by atoms with Gasteiger partial charge in [-0.3, -0.25) is 0 Å². The van der Waals surface area contributed by atoms with Gasteiger partial charge in [0.05, 0.1) is 6.10 Å². The van der Waals surface area contributed by atoms with Gasteiger partial charge in [0, 0.05) is 24.3 Å². The van der Waals surface area contributed by atoms with E-state index in [2.05, 4.69) is 0 Å². The van der Waals surface area contributed by atoms with E-state index < -0.39 is 17.7 Å². The molecule has 1 heterocycles. The number of hydrogen-bond acceptors (Lipinski definition) is 2. The molecule has 0 aliphatic carbocycles. The first-order chi connectivity index (χ1) is 7.08. The van der Waals surface area contributed by atoms with Crippen LogP contribution in [-0.2, 0) is 0 Å². The van der Waals surface area contributed by atoms with Crippen LogP contribution in [0.1, 0.15) is 12.0 Å². The third-order valence-electron chi connectivity index (χ3n) is 2.79. The zero-order valence-electron chi connectivity index (χ0n) is 8.50. The lowest BCUT2D eigenvalue weighted by molar-refractivity contribution is 0.198. The Kier molecular flexibility index (Phi) is 2.61. The molecule has 0 aromatic heterocycles. The van der Waals surface area contributed by atoms with Crippen molar-refractivity contribution in [3.8, 4) is 0 Å². The minimum Gasteiger partial charge on any atom is -0.391 e. The fourth-order valence-electron chi connectivity index (χ4n) is 1.79. The van der Waals surface area contributed by atoms with Gasteiger partial charge in [-0.2, -0.15) is 0 Å². The van der Waals surface area contributed by atoms with E-state index in [0.717, 1.165) is 0 Å². The molecule has 4 heteroatoms. The van der Waals surface area contributed by atoms with Crippen molar-refractivity contribution < 1.29 is 13.9 Å². The van der Waals surface area contributed by atoms with Gasteiger partial charge in [0.15, 0.2) is 0 Å². The van der Waals surface area contributed by atoms with Crippen molar-refractivity contribution in [1.82, 2.24) is 0 Å². The fourth-order valence-corrected chi connectivity index (χ4v) is 1.79. The average molecular weight is 213 g/mol. The van der Waals surface area contributed by atoms with Crippen LogP contribution in [0.5, 0.6) is 0 Å². The summed E-state index contributed by atoms with van der Waals surface area (Å²) in [4.78, 5) is 1.79. The van der Waals surface area contributed by atoms with E-state index in [-0.39, 0.29) is 5.56 Å². The maximum absolute atomic E-state index is 13.3. The largest absolute Gasteiger partial charge is 0.391 e. The van der Waals surface area contributed by atoms with Crippen molar-refractivity contribution >= 4 is 5.69 Å². The number of halogens is 2. The van der Waals surface area contributed by atoms with E-state index in [0.29, 0.717) is 25.2 Å². The maximum atomic E-state index is 13.3. The van der Waals surface area contributed by atoms with E-state index in [9.17, 15) is 13.9 Å². The fraction of sp³-hybridized carbons (Fsp3) is 0.455. The predicted octanol–water partition coefficient (Wildman–Crippen LogP) is 1.84. The third kappa shape index (κ3) is 1.95. The molecule has 1 aromatic rings. The highest BCUT2D eigenvalue weighted by molar-refractivity contribution is 5.49. The molecule has 1 N–H and O–H groups in total. The standard InChI is InChI=1S/C11H13F2NO/c1-7-10(12)4-8(5-11(7)13)14-3-2-9(15)6-14/h4-5,9,15H,2-3,6H2,1H3/t9-/m0/s1. The Morgan fingerprint density at radius 2 is 1.93 bits per heavy atom. The molecule has 1 saturated heterocycles. The Hall–Kier alpha value is -1.16. The van der Waals surface area contributed by atoms with Gasteiger partial charge in [0.1, 0.15) is 11.6 Å². The summed E-state index contributed by atoms with van der Waals surface area (Å²) in [5.41, 5.74) is 0.547. The number of aliphatic hydroxyl groups excluding tert-OH is 1. The maximum Gasteiger partial charge on any atom is 0.131 e. The number of aliphatic hydroxyl groups is 1. The first-order valence-electron chi connectivity index (χ1n) is 4.96. The molecule has 2 nitrogen and oxygen atoms in total. The third-order valence-corrected chi connectivity index (χ3v) is 2.79. The van der Waals surface area contributed by atoms with Gasteiger partial charge in [0.2, 0.25) is 0 Å². The van der Waals surface area contributed by atoms with Crippen molar-refractivity contribution in [2.24, 2.45) is 0 Å². The Bertz CT molecular complexity index is 358. The molecule has 0 spiro atoms. The normalized spacial score (nSPS) is 21.1. The minimum atomic E-state index is -0.536. The van der Waals surface area contributed by atoms with Crippen LogP contribution < -0.4 is 4.90 Å². The number of nitrogens with zero attached hydrogens (tertiary/aromatic N) is 1. The summed E-state index contributed by atoms with van der Waals surface area (Å²) < 4.78 is 26.5. The molecular weight excluding hydrogens is 200 g/mol. The SMILES string of the molecule is Cc1c(F)cc(N2CC[C@H](O)C2)cc1F. The second kappa shape index (κ2) is 3.77. The molecule has 1 aliphatic rings. The van der Waals surface area contributed by atoms with Crippen molar-refractivity contribution in [2.45, 2.75) is 19.4 Å². The molecule has 0 unspecified atom stereocenters. The molecule has 2 rings (SSSR count). The molecule has 0 bridgehead atoms. The molecule has 1 aliphatic heterocycles. The van der Waals surface area contributed by atoms with Gasteiger partial charge in [-0.1, -0.05) is 0 Å². The first-order valence-corrected chi connectivity index (χ1v) is 4.96. The predicted molar refractivity (Wildman–Crippen MR) is 53.9 cm³/mol. The van der Waals surface area contributed by atoms with Crippen LogP contribution in [-0.4, -0.2) is 24.3 Å². The summed E-state index contributed by atoms with van der Waals surface area (Å²) in [6.45, 7) is 2.50. The van der Waals surface area contributed by atoms with Gasteiger partial charge in [-0.15, -0.1) is 0 Å². The number of benzene rings is 1. The van der Waals surface area contributed by atoms with E-state index >= 15 is 0 Å². The summed E-state index contributed by atoms with van der Waals surface area (Å²) in [5.74, 6) is -1.07. The minimum absolute atomic E-state index is 0.0403. The van der Waals surface area contributed by atoms with Crippen molar-refractivity contribution in [2.75, 3.05) is 18.0 Å². The summed E-state index contributed by atoms with van der Waals surface area (Å²) in [6.07, 6.45) is 0.259. The van der Waals surface area contributed by atoms with Crippen molar-refractivity contribution in [3.63, 3.8) is 0 Å². The molecule has 1 fully saturated rings. The summed E-state index contributed by atoms with van der Waals surface area (Å²) in [6, 6.07) is 2.63. The number of anilines is 1. The Morgan fingerprint density at radius 1 is 1.33 bits per heavy atom. The van der Waals surface area contributed by atoms with Crippen LogP contribution in [0.2, 0.25) is 0 Å². The zero-order chi connectivity index (χ0) is 11.0. The quantitative estimate of drug-likeness (QED) is 0.769. The van der Waals surface area contributed by atoms with E-state index in [1.807, 2.05) is 0 Å².